The minimum atomic E-state index is -0.472. The lowest BCUT2D eigenvalue weighted by Gasteiger charge is -2.19. The summed E-state index contributed by atoms with van der Waals surface area (Å²) in [6.45, 7) is 7.78. The van der Waals surface area contributed by atoms with Crippen molar-refractivity contribution in [2.45, 2.75) is 45.6 Å². The molecular formula is C15H22O3. The van der Waals surface area contributed by atoms with Crippen LogP contribution in [0.5, 0.6) is 0 Å². The van der Waals surface area contributed by atoms with Gasteiger partial charge in [0.15, 0.2) is 0 Å². The van der Waals surface area contributed by atoms with Crippen molar-refractivity contribution in [1.82, 2.24) is 0 Å². The van der Waals surface area contributed by atoms with Crippen molar-refractivity contribution in [2.75, 3.05) is 6.61 Å². The molecule has 0 heterocycles. The summed E-state index contributed by atoms with van der Waals surface area (Å²) in [6, 6.07) is 7.38. The van der Waals surface area contributed by atoms with E-state index in [-0.39, 0.29) is 12.6 Å². The van der Waals surface area contributed by atoms with Gasteiger partial charge >= 0.3 is 5.97 Å². The third kappa shape index (κ3) is 4.49. The molecule has 0 amide bonds. The maximum Gasteiger partial charge on any atom is 0.338 e. The largest absolute Gasteiger partial charge is 0.456 e. The monoisotopic (exact) mass is 250 g/mol. The van der Waals surface area contributed by atoms with E-state index >= 15 is 0 Å². The second kappa shape index (κ2) is 6.01. The molecule has 0 saturated heterocycles. The van der Waals surface area contributed by atoms with Crippen LogP contribution in [0.2, 0.25) is 0 Å². The van der Waals surface area contributed by atoms with Gasteiger partial charge in [-0.2, -0.15) is 0 Å². The SMILES string of the molecule is CC(CCO)c1ccc(C(=O)OC(C)(C)C)cc1. The maximum atomic E-state index is 11.8. The summed E-state index contributed by atoms with van der Waals surface area (Å²) < 4.78 is 5.29. The third-order valence-corrected chi connectivity index (χ3v) is 2.68. The Hall–Kier alpha value is -1.35. The Kier molecular flexibility index (Phi) is 4.91. The van der Waals surface area contributed by atoms with Crippen LogP contribution in [-0.4, -0.2) is 23.3 Å². The van der Waals surface area contributed by atoms with Gasteiger partial charge in [0.1, 0.15) is 5.60 Å². The zero-order valence-electron chi connectivity index (χ0n) is 11.6. The molecule has 0 aliphatic heterocycles. The molecule has 18 heavy (non-hydrogen) atoms. The number of ether oxygens (including phenoxy) is 1. The molecule has 1 aromatic carbocycles. The van der Waals surface area contributed by atoms with E-state index in [4.69, 9.17) is 9.84 Å². The number of rotatable bonds is 4. The summed E-state index contributed by atoms with van der Waals surface area (Å²) >= 11 is 0. The van der Waals surface area contributed by atoms with Crippen LogP contribution < -0.4 is 0 Å². The van der Waals surface area contributed by atoms with Crippen molar-refractivity contribution in [1.29, 1.82) is 0 Å². The summed E-state index contributed by atoms with van der Waals surface area (Å²) in [6.07, 6.45) is 0.728. The molecule has 3 nitrogen and oxygen atoms in total. The van der Waals surface area contributed by atoms with Crippen LogP contribution in [0.1, 0.15) is 56.0 Å². The van der Waals surface area contributed by atoms with Gasteiger partial charge in [0.2, 0.25) is 0 Å². The normalized spacial score (nSPS) is 13.2. The van der Waals surface area contributed by atoms with Crippen LogP contribution in [0.15, 0.2) is 24.3 Å². The van der Waals surface area contributed by atoms with Gasteiger partial charge in [-0.25, -0.2) is 4.79 Å². The summed E-state index contributed by atoms with van der Waals surface area (Å²) in [4.78, 5) is 11.8. The second-order valence-corrected chi connectivity index (χ2v) is 5.54. The minimum absolute atomic E-state index is 0.176. The van der Waals surface area contributed by atoms with Gasteiger partial charge in [-0.1, -0.05) is 19.1 Å². The molecule has 1 N–H and O–H groups in total. The van der Waals surface area contributed by atoms with E-state index in [0.29, 0.717) is 11.5 Å². The molecule has 1 rings (SSSR count). The van der Waals surface area contributed by atoms with E-state index in [1.165, 1.54) is 0 Å². The molecule has 3 heteroatoms. The first-order valence-electron chi connectivity index (χ1n) is 6.27. The van der Waals surface area contributed by atoms with E-state index in [1.807, 2.05) is 32.9 Å². The van der Waals surface area contributed by atoms with E-state index < -0.39 is 5.60 Å². The number of esters is 1. The number of carbonyl (C=O) groups excluding carboxylic acids is 1. The Bertz CT molecular complexity index is 387. The number of hydrogen-bond donors (Lipinski definition) is 1. The summed E-state index contributed by atoms with van der Waals surface area (Å²) in [5.74, 6) is -0.00783. The predicted octanol–water partition coefficient (Wildman–Crippen LogP) is 3.13. The molecule has 1 aromatic rings. The fourth-order valence-corrected chi connectivity index (χ4v) is 1.65. The van der Waals surface area contributed by atoms with E-state index in [9.17, 15) is 4.79 Å². The van der Waals surface area contributed by atoms with Crippen molar-refractivity contribution in [3.05, 3.63) is 35.4 Å². The third-order valence-electron chi connectivity index (χ3n) is 2.68. The van der Waals surface area contributed by atoms with Gasteiger partial charge in [-0.05, 0) is 50.8 Å². The van der Waals surface area contributed by atoms with Crippen molar-refractivity contribution < 1.29 is 14.6 Å². The smallest absolute Gasteiger partial charge is 0.338 e. The number of benzene rings is 1. The zero-order valence-corrected chi connectivity index (χ0v) is 11.6. The van der Waals surface area contributed by atoms with Gasteiger partial charge < -0.3 is 9.84 Å². The highest BCUT2D eigenvalue weighted by molar-refractivity contribution is 5.89. The molecule has 100 valence electrons. The van der Waals surface area contributed by atoms with Crippen LogP contribution >= 0.6 is 0 Å². The van der Waals surface area contributed by atoms with Gasteiger partial charge in [0.05, 0.1) is 5.56 Å². The Morgan fingerprint density at radius 2 is 1.83 bits per heavy atom. The van der Waals surface area contributed by atoms with E-state index in [1.54, 1.807) is 12.1 Å². The molecular weight excluding hydrogens is 228 g/mol. The average Bonchev–Trinajstić information content (AvgIpc) is 2.27. The highest BCUT2D eigenvalue weighted by Gasteiger charge is 2.17. The molecule has 0 radical (unpaired) electrons. The van der Waals surface area contributed by atoms with Gasteiger partial charge in [-0.15, -0.1) is 0 Å². The second-order valence-electron chi connectivity index (χ2n) is 5.54. The molecule has 0 aliphatic carbocycles. The Morgan fingerprint density at radius 1 is 1.28 bits per heavy atom. The standard InChI is InChI=1S/C15H22O3/c1-11(9-10-16)12-5-7-13(8-6-12)14(17)18-15(2,3)4/h5-8,11,16H,9-10H2,1-4H3. The lowest BCUT2D eigenvalue weighted by molar-refractivity contribution is 0.00695. The Morgan fingerprint density at radius 3 is 2.28 bits per heavy atom. The molecule has 0 aliphatic rings. The van der Waals surface area contributed by atoms with Crippen LogP contribution in [-0.2, 0) is 4.74 Å². The Labute approximate surface area is 109 Å². The van der Waals surface area contributed by atoms with Gasteiger partial charge in [-0.3, -0.25) is 0 Å². The Balaban J connectivity index is 2.74. The predicted molar refractivity (Wildman–Crippen MR) is 71.7 cm³/mol. The fourth-order valence-electron chi connectivity index (χ4n) is 1.65. The molecule has 0 fully saturated rings. The van der Waals surface area contributed by atoms with E-state index in [0.717, 1.165) is 12.0 Å². The number of hydrogen-bond acceptors (Lipinski definition) is 3. The molecule has 0 spiro atoms. The maximum absolute atomic E-state index is 11.8. The topological polar surface area (TPSA) is 46.5 Å². The van der Waals surface area contributed by atoms with Crippen molar-refractivity contribution in [2.24, 2.45) is 0 Å². The van der Waals surface area contributed by atoms with Crippen molar-refractivity contribution >= 4 is 5.97 Å². The number of carbonyl (C=O) groups is 1. The van der Waals surface area contributed by atoms with E-state index in [2.05, 4.69) is 6.92 Å². The molecule has 0 bridgehead atoms. The summed E-state index contributed by atoms with van der Waals surface area (Å²) in [7, 11) is 0. The summed E-state index contributed by atoms with van der Waals surface area (Å²) in [5.41, 5.74) is 1.21. The fraction of sp³-hybridized carbons (Fsp3) is 0.533. The molecule has 1 atom stereocenters. The first-order chi connectivity index (χ1) is 8.33. The van der Waals surface area contributed by atoms with Gasteiger partial charge in [0, 0.05) is 6.61 Å². The number of aliphatic hydroxyl groups is 1. The van der Waals surface area contributed by atoms with Crippen LogP contribution in [0.3, 0.4) is 0 Å². The molecule has 1 unspecified atom stereocenters. The molecule has 0 saturated carbocycles. The zero-order chi connectivity index (χ0) is 13.8. The highest BCUT2D eigenvalue weighted by Crippen LogP contribution is 2.20. The van der Waals surface area contributed by atoms with Gasteiger partial charge in [0.25, 0.3) is 0 Å². The van der Waals surface area contributed by atoms with Crippen LogP contribution in [0.4, 0.5) is 0 Å². The first-order valence-corrected chi connectivity index (χ1v) is 6.27. The lowest BCUT2D eigenvalue weighted by atomic mass is 9.97. The number of aliphatic hydroxyl groups excluding tert-OH is 1. The molecule has 0 aromatic heterocycles. The average molecular weight is 250 g/mol. The van der Waals surface area contributed by atoms with Crippen LogP contribution in [0, 0.1) is 0 Å². The van der Waals surface area contributed by atoms with Crippen molar-refractivity contribution in [3.63, 3.8) is 0 Å². The summed E-state index contributed by atoms with van der Waals surface area (Å²) in [5, 5.41) is 8.89. The lowest BCUT2D eigenvalue weighted by Crippen LogP contribution is -2.23. The van der Waals surface area contributed by atoms with Crippen LogP contribution in [0.25, 0.3) is 0 Å². The quantitative estimate of drug-likeness (QED) is 0.835. The first kappa shape index (κ1) is 14.7. The minimum Gasteiger partial charge on any atom is -0.456 e. The highest BCUT2D eigenvalue weighted by atomic mass is 16.6. The van der Waals surface area contributed by atoms with Crippen molar-refractivity contribution in [3.8, 4) is 0 Å².